The number of amides is 4. The number of nitrogens with one attached hydrogen (secondary N) is 1. The molecule has 190 valence electrons. The molecule has 1 saturated heterocycles. The van der Waals surface area contributed by atoms with E-state index in [2.05, 4.69) is 43.8 Å². The van der Waals surface area contributed by atoms with Crippen molar-refractivity contribution >= 4 is 55.8 Å². The Labute approximate surface area is 226 Å². The number of urea groups is 1. The summed E-state index contributed by atoms with van der Waals surface area (Å²) in [5, 5.41) is 2.24. The zero-order valence-corrected chi connectivity index (χ0v) is 23.1. The fourth-order valence-corrected chi connectivity index (χ4v) is 4.78. The Hall–Kier alpha value is -3.11. The molecule has 1 N–H and O–H groups in total. The second-order valence-electron chi connectivity index (χ2n) is 7.68. The van der Waals surface area contributed by atoms with Crippen LogP contribution < -0.4 is 19.5 Å². The molecule has 0 bridgehead atoms. The van der Waals surface area contributed by atoms with E-state index < -0.39 is 17.8 Å². The van der Waals surface area contributed by atoms with Crippen molar-refractivity contribution in [3.8, 4) is 17.2 Å². The molecule has 0 atom stereocenters. The highest BCUT2D eigenvalue weighted by Gasteiger charge is 2.36. The SMILES string of the molecule is C=CCOc1c(Br)cc(Br)cc1/C=C1\C(=O)NC(=O)N(Cc2ccc(OCCC)c(OCC)c2)C1=O. The topological polar surface area (TPSA) is 94.2 Å². The van der Waals surface area contributed by atoms with Crippen molar-refractivity contribution in [3.05, 3.63) is 68.6 Å². The lowest BCUT2D eigenvalue weighted by molar-refractivity contribution is -0.130. The third-order valence-electron chi connectivity index (χ3n) is 4.98. The van der Waals surface area contributed by atoms with Crippen molar-refractivity contribution in [2.24, 2.45) is 0 Å². The van der Waals surface area contributed by atoms with E-state index in [9.17, 15) is 14.4 Å². The number of rotatable bonds is 11. The normalized spacial score (nSPS) is 14.6. The van der Waals surface area contributed by atoms with Crippen LogP contribution in [0.3, 0.4) is 0 Å². The van der Waals surface area contributed by atoms with Gasteiger partial charge in [-0.3, -0.25) is 19.8 Å². The van der Waals surface area contributed by atoms with Gasteiger partial charge in [0.05, 0.1) is 24.2 Å². The fraction of sp³-hybridized carbons (Fsp3) is 0.269. The third-order valence-corrected chi connectivity index (χ3v) is 6.03. The minimum atomic E-state index is -0.801. The summed E-state index contributed by atoms with van der Waals surface area (Å²) in [7, 11) is 0. The Kier molecular flexibility index (Phi) is 9.72. The smallest absolute Gasteiger partial charge is 0.331 e. The van der Waals surface area contributed by atoms with E-state index in [1.54, 1.807) is 36.4 Å². The summed E-state index contributed by atoms with van der Waals surface area (Å²) in [5.41, 5.74) is 0.914. The molecule has 8 nitrogen and oxygen atoms in total. The summed E-state index contributed by atoms with van der Waals surface area (Å²) in [6.45, 7) is 8.62. The number of halogens is 2. The molecule has 4 amide bonds. The molecular weight excluding hydrogens is 596 g/mol. The van der Waals surface area contributed by atoms with Gasteiger partial charge in [-0.1, -0.05) is 41.6 Å². The van der Waals surface area contributed by atoms with Gasteiger partial charge in [0, 0.05) is 10.0 Å². The Balaban J connectivity index is 1.94. The number of carbonyl (C=O) groups excluding carboxylic acids is 3. The average Bonchev–Trinajstić information content (AvgIpc) is 2.83. The molecule has 0 saturated carbocycles. The van der Waals surface area contributed by atoms with Gasteiger partial charge in [0.15, 0.2) is 11.5 Å². The van der Waals surface area contributed by atoms with E-state index in [-0.39, 0.29) is 18.7 Å². The summed E-state index contributed by atoms with van der Waals surface area (Å²) >= 11 is 6.85. The van der Waals surface area contributed by atoms with E-state index >= 15 is 0 Å². The predicted molar refractivity (Wildman–Crippen MR) is 143 cm³/mol. The molecule has 2 aromatic carbocycles. The lowest BCUT2D eigenvalue weighted by atomic mass is 10.1. The second-order valence-corrected chi connectivity index (χ2v) is 9.45. The molecule has 36 heavy (non-hydrogen) atoms. The van der Waals surface area contributed by atoms with Crippen LogP contribution in [-0.2, 0) is 16.1 Å². The summed E-state index contributed by atoms with van der Waals surface area (Å²) < 4.78 is 18.4. The number of benzene rings is 2. The molecule has 1 fully saturated rings. The molecule has 0 radical (unpaired) electrons. The fourth-order valence-electron chi connectivity index (χ4n) is 3.41. The first-order valence-corrected chi connectivity index (χ1v) is 12.9. The van der Waals surface area contributed by atoms with Crippen molar-refractivity contribution in [3.63, 3.8) is 0 Å². The van der Waals surface area contributed by atoms with E-state index in [0.29, 0.717) is 50.5 Å². The highest BCUT2D eigenvalue weighted by molar-refractivity contribution is 9.11. The van der Waals surface area contributed by atoms with Crippen LogP contribution in [0.25, 0.3) is 6.08 Å². The maximum Gasteiger partial charge on any atom is 0.331 e. The minimum absolute atomic E-state index is 0.0641. The molecule has 2 aromatic rings. The van der Waals surface area contributed by atoms with Crippen LogP contribution in [0.5, 0.6) is 17.2 Å². The molecule has 0 unspecified atom stereocenters. The second kappa shape index (κ2) is 12.7. The van der Waals surface area contributed by atoms with Crippen molar-refractivity contribution in [1.29, 1.82) is 0 Å². The molecule has 10 heteroatoms. The zero-order chi connectivity index (χ0) is 26.2. The first-order chi connectivity index (χ1) is 17.3. The third kappa shape index (κ3) is 6.55. The number of imide groups is 2. The summed E-state index contributed by atoms with van der Waals surface area (Å²) in [6, 6.07) is 7.91. The van der Waals surface area contributed by atoms with Crippen molar-refractivity contribution in [2.75, 3.05) is 19.8 Å². The predicted octanol–water partition coefficient (Wildman–Crippen LogP) is 5.63. The van der Waals surface area contributed by atoms with Gasteiger partial charge in [-0.15, -0.1) is 0 Å². The summed E-state index contributed by atoms with van der Waals surface area (Å²) in [5.74, 6) is 0.0193. The van der Waals surface area contributed by atoms with Crippen LogP contribution >= 0.6 is 31.9 Å². The number of hydrogen-bond donors (Lipinski definition) is 1. The van der Waals surface area contributed by atoms with Crippen LogP contribution in [0.2, 0.25) is 0 Å². The Morgan fingerprint density at radius 2 is 1.81 bits per heavy atom. The lowest BCUT2D eigenvalue weighted by Crippen LogP contribution is -2.53. The van der Waals surface area contributed by atoms with Gasteiger partial charge in [0.25, 0.3) is 11.8 Å². The Bertz CT molecular complexity index is 1210. The molecule has 0 spiro atoms. The zero-order valence-electron chi connectivity index (χ0n) is 19.9. The molecule has 1 aliphatic heterocycles. The van der Waals surface area contributed by atoms with Crippen LogP contribution in [0.1, 0.15) is 31.4 Å². The van der Waals surface area contributed by atoms with Crippen LogP contribution in [-0.4, -0.2) is 42.6 Å². The number of carbonyl (C=O) groups is 3. The molecule has 3 rings (SSSR count). The van der Waals surface area contributed by atoms with Crippen molar-refractivity contribution in [1.82, 2.24) is 10.2 Å². The summed E-state index contributed by atoms with van der Waals surface area (Å²) in [6.07, 6.45) is 3.82. The first kappa shape index (κ1) is 27.5. The van der Waals surface area contributed by atoms with Crippen LogP contribution in [0, 0.1) is 0 Å². The van der Waals surface area contributed by atoms with Gasteiger partial charge < -0.3 is 14.2 Å². The van der Waals surface area contributed by atoms with E-state index in [0.717, 1.165) is 11.3 Å². The minimum Gasteiger partial charge on any atom is -0.490 e. The van der Waals surface area contributed by atoms with Gasteiger partial charge in [0.2, 0.25) is 0 Å². The number of nitrogens with zero attached hydrogens (tertiary/aromatic N) is 1. The number of hydrogen-bond acceptors (Lipinski definition) is 6. The monoisotopic (exact) mass is 620 g/mol. The van der Waals surface area contributed by atoms with Crippen LogP contribution in [0.4, 0.5) is 4.79 Å². The van der Waals surface area contributed by atoms with Gasteiger partial charge in [0.1, 0.15) is 17.9 Å². The lowest BCUT2D eigenvalue weighted by Gasteiger charge is -2.27. The standard InChI is InChI=1S/C26H26Br2N2O6/c1-4-9-35-21-8-7-16(11-22(21)34-6-3)15-30-25(32)19(24(31)29-26(30)33)13-17-12-18(27)14-20(28)23(17)36-10-5-2/h5,7-8,11-14H,2,4,6,9-10,15H2,1,3H3,(H,29,31,33)/b19-13+. The summed E-state index contributed by atoms with van der Waals surface area (Å²) in [4.78, 5) is 39.5. The highest BCUT2D eigenvalue weighted by atomic mass is 79.9. The molecule has 0 aromatic heterocycles. The van der Waals surface area contributed by atoms with Crippen molar-refractivity contribution in [2.45, 2.75) is 26.8 Å². The Morgan fingerprint density at radius 1 is 1.03 bits per heavy atom. The average molecular weight is 622 g/mol. The van der Waals surface area contributed by atoms with E-state index in [1.165, 1.54) is 6.08 Å². The molecule has 1 heterocycles. The Morgan fingerprint density at radius 3 is 2.50 bits per heavy atom. The molecule has 1 aliphatic rings. The van der Waals surface area contributed by atoms with E-state index in [1.807, 2.05) is 13.8 Å². The van der Waals surface area contributed by atoms with Gasteiger partial charge in [-0.25, -0.2) is 4.79 Å². The largest absolute Gasteiger partial charge is 0.490 e. The maximum absolute atomic E-state index is 13.3. The number of ether oxygens (including phenoxy) is 3. The molecular formula is C26H26Br2N2O6. The van der Waals surface area contributed by atoms with Crippen molar-refractivity contribution < 1.29 is 28.6 Å². The highest BCUT2D eigenvalue weighted by Crippen LogP contribution is 2.35. The van der Waals surface area contributed by atoms with Gasteiger partial charge >= 0.3 is 6.03 Å². The van der Waals surface area contributed by atoms with Gasteiger partial charge in [-0.05, 0) is 65.2 Å². The first-order valence-electron chi connectivity index (χ1n) is 11.3. The quantitative estimate of drug-likeness (QED) is 0.199. The molecule has 0 aliphatic carbocycles. The van der Waals surface area contributed by atoms with E-state index in [4.69, 9.17) is 14.2 Å². The maximum atomic E-state index is 13.3. The van der Waals surface area contributed by atoms with Gasteiger partial charge in [-0.2, -0.15) is 0 Å². The number of barbiturate groups is 1. The van der Waals surface area contributed by atoms with Crippen LogP contribution in [0.15, 0.2) is 57.5 Å².